The van der Waals surface area contributed by atoms with Crippen molar-refractivity contribution in [1.29, 1.82) is 0 Å². The maximum Gasteiger partial charge on any atom is 0.315 e. The summed E-state index contributed by atoms with van der Waals surface area (Å²) in [7, 11) is 0. The zero-order valence-corrected chi connectivity index (χ0v) is 13.7. The number of esters is 1. The van der Waals surface area contributed by atoms with Gasteiger partial charge in [-0.3, -0.25) is 9.59 Å². The molecule has 0 spiro atoms. The van der Waals surface area contributed by atoms with Gasteiger partial charge >= 0.3 is 5.97 Å². The smallest absolute Gasteiger partial charge is 0.315 e. The molecule has 4 rings (SSSR count). The highest BCUT2D eigenvalue weighted by atomic mass is 79.9. The van der Waals surface area contributed by atoms with Crippen LogP contribution in [0.5, 0.6) is 0 Å². The summed E-state index contributed by atoms with van der Waals surface area (Å²) < 4.78 is 5.74. The van der Waals surface area contributed by atoms with Gasteiger partial charge in [0.1, 0.15) is 0 Å². The van der Waals surface area contributed by atoms with Crippen molar-refractivity contribution in [2.75, 3.05) is 4.90 Å². The first kappa shape index (κ1) is 14.7. The number of hydrogen-bond donors (Lipinski definition) is 0. The van der Waals surface area contributed by atoms with Gasteiger partial charge in [0.2, 0.25) is 5.91 Å². The van der Waals surface area contributed by atoms with Gasteiger partial charge in [-0.05, 0) is 42.9 Å². The van der Waals surface area contributed by atoms with Gasteiger partial charge in [-0.25, -0.2) is 4.79 Å². The van der Waals surface area contributed by atoms with E-state index in [1.807, 2.05) is 29.2 Å². The van der Waals surface area contributed by atoms with E-state index in [1.165, 1.54) is 5.94 Å². The predicted octanol–water partition coefficient (Wildman–Crippen LogP) is 2.33. The average Bonchev–Trinajstić information content (AvgIpc) is 3.14. The highest BCUT2D eigenvalue weighted by Gasteiger charge is 2.65. The summed E-state index contributed by atoms with van der Waals surface area (Å²) in [5.74, 6) is 0.547. The summed E-state index contributed by atoms with van der Waals surface area (Å²) in [6.45, 7) is 0. The molecule has 5 nitrogen and oxygen atoms in total. The van der Waals surface area contributed by atoms with Crippen LogP contribution in [-0.2, 0) is 19.1 Å². The summed E-state index contributed by atoms with van der Waals surface area (Å²) in [6.07, 6.45) is 2.41. The van der Waals surface area contributed by atoms with E-state index in [2.05, 4.69) is 15.9 Å². The Morgan fingerprint density at radius 2 is 2.22 bits per heavy atom. The van der Waals surface area contributed by atoms with Gasteiger partial charge in [-0.15, -0.1) is 0 Å². The minimum Gasteiger partial charge on any atom is -0.422 e. The van der Waals surface area contributed by atoms with E-state index in [4.69, 9.17) is 4.74 Å². The maximum absolute atomic E-state index is 12.9. The fraction of sp³-hybridized carbons (Fsp3) is 0.412. The van der Waals surface area contributed by atoms with E-state index in [-0.39, 0.29) is 29.7 Å². The predicted molar refractivity (Wildman–Crippen MR) is 85.0 cm³/mol. The molecule has 1 heterocycles. The summed E-state index contributed by atoms with van der Waals surface area (Å²) in [4.78, 5) is 37.2. The Balaban J connectivity index is 1.66. The molecule has 5 atom stereocenters. The summed E-state index contributed by atoms with van der Waals surface area (Å²) in [5.41, 5.74) is 0.865. The third kappa shape index (κ3) is 2.09. The molecule has 3 aliphatic rings. The maximum atomic E-state index is 12.9. The molecule has 118 valence electrons. The van der Waals surface area contributed by atoms with E-state index in [9.17, 15) is 14.4 Å². The summed E-state index contributed by atoms with van der Waals surface area (Å²) in [6, 6.07) is 7.83. The number of rotatable bonds is 3. The topological polar surface area (TPSA) is 63.7 Å². The summed E-state index contributed by atoms with van der Waals surface area (Å²) >= 11 is 3.44. The van der Waals surface area contributed by atoms with E-state index >= 15 is 0 Å². The third-order valence-electron chi connectivity index (χ3n) is 5.41. The van der Waals surface area contributed by atoms with Crippen LogP contribution in [0.15, 0.2) is 35.0 Å². The van der Waals surface area contributed by atoms with Gasteiger partial charge in [0.05, 0.1) is 11.8 Å². The van der Waals surface area contributed by atoms with E-state index in [0.29, 0.717) is 0 Å². The normalized spacial score (nSPS) is 33.7. The molecule has 0 aromatic heterocycles. The Kier molecular flexibility index (Phi) is 3.39. The van der Waals surface area contributed by atoms with Crippen LogP contribution in [0.1, 0.15) is 12.8 Å². The summed E-state index contributed by atoms with van der Waals surface area (Å²) in [5, 5.41) is 0. The Morgan fingerprint density at radius 1 is 1.39 bits per heavy atom. The van der Waals surface area contributed by atoms with Crippen LogP contribution >= 0.6 is 15.9 Å². The van der Waals surface area contributed by atoms with Crippen LogP contribution in [-0.4, -0.2) is 23.9 Å². The molecule has 2 bridgehead atoms. The van der Waals surface area contributed by atoms with Crippen molar-refractivity contribution in [2.24, 2.45) is 23.7 Å². The van der Waals surface area contributed by atoms with Gasteiger partial charge in [0, 0.05) is 16.2 Å². The van der Waals surface area contributed by atoms with Gasteiger partial charge < -0.3 is 9.64 Å². The molecule has 2 aliphatic carbocycles. The first-order chi connectivity index (χ1) is 11.1. The number of halogens is 1. The molecule has 6 heteroatoms. The number of ether oxygens (including phenoxy) is 1. The van der Waals surface area contributed by atoms with Crippen molar-refractivity contribution in [3.8, 4) is 0 Å². The number of carbonyl (C=O) groups is 2. The Hall–Kier alpha value is -1.91. The number of carbonyl (C=O) groups excluding carboxylic acids is 3. The zero-order chi connectivity index (χ0) is 16.1. The highest BCUT2D eigenvalue weighted by Crippen LogP contribution is 2.59. The van der Waals surface area contributed by atoms with E-state index in [1.54, 1.807) is 0 Å². The Labute approximate surface area is 141 Å². The number of anilines is 1. The minimum atomic E-state index is -0.478. The number of amides is 1. The fourth-order valence-electron chi connectivity index (χ4n) is 4.73. The minimum absolute atomic E-state index is 0.00451. The molecule has 1 aliphatic heterocycles. The quantitative estimate of drug-likeness (QED) is 0.462. The molecule has 3 fully saturated rings. The SMILES string of the molecule is O=C=COC(=O)[C@H]1[C@@H]2C[C@@H]3[C@H]1C(=O)N(c1cccc(Br)c1)[C@@H]3C2. The standard InChI is InChI=1S/C17H14BrNO4/c18-10-2-1-3-11(8-10)19-13-7-9-6-12(13)15(16(19)21)14(9)17(22)23-5-4-20/h1-3,5,8-9,12-15H,6-7H2/t9-,12+,13-,14+,15-/m1/s1. The number of hydrogen-bond acceptors (Lipinski definition) is 4. The number of nitrogens with zero attached hydrogens (tertiary/aromatic N) is 1. The molecule has 23 heavy (non-hydrogen) atoms. The molecule has 0 N–H and O–H groups in total. The van der Waals surface area contributed by atoms with Crippen LogP contribution in [0.3, 0.4) is 0 Å². The van der Waals surface area contributed by atoms with Crippen molar-refractivity contribution in [3.63, 3.8) is 0 Å². The lowest BCUT2D eigenvalue weighted by molar-refractivity contribution is -0.148. The van der Waals surface area contributed by atoms with E-state index in [0.717, 1.165) is 29.3 Å². The van der Waals surface area contributed by atoms with Crippen LogP contribution in [0, 0.1) is 23.7 Å². The van der Waals surface area contributed by atoms with Crippen LogP contribution in [0.4, 0.5) is 5.69 Å². The molecular formula is C17H14BrNO4. The molecule has 1 amide bonds. The van der Waals surface area contributed by atoms with Crippen molar-refractivity contribution in [1.82, 2.24) is 0 Å². The number of fused-ring (bicyclic) bond motifs is 1. The van der Waals surface area contributed by atoms with Crippen molar-refractivity contribution in [3.05, 3.63) is 35.0 Å². The van der Waals surface area contributed by atoms with Crippen LogP contribution in [0.2, 0.25) is 0 Å². The number of benzene rings is 1. The Morgan fingerprint density at radius 3 is 2.96 bits per heavy atom. The van der Waals surface area contributed by atoms with Crippen LogP contribution < -0.4 is 4.90 Å². The highest BCUT2D eigenvalue weighted by molar-refractivity contribution is 9.10. The molecule has 0 unspecified atom stereocenters. The molecule has 2 saturated carbocycles. The van der Waals surface area contributed by atoms with Crippen molar-refractivity contribution < 1.29 is 19.1 Å². The molecule has 1 aromatic carbocycles. The third-order valence-corrected chi connectivity index (χ3v) is 5.90. The first-order valence-corrected chi connectivity index (χ1v) is 8.39. The zero-order valence-electron chi connectivity index (χ0n) is 12.1. The molecule has 1 aromatic rings. The monoisotopic (exact) mass is 375 g/mol. The first-order valence-electron chi connectivity index (χ1n) is 7.60. The lowest BCUT2D eigenvalue weighted by atomic mass is 9.80. The van der Waals surface area contributed by atoms with Gasteiger partial charge in [0.25, 0.3) is 0 Å². The van der Waals surface area contributed by atoms with Gasteiger partial charge in [0.15, 0.2) is 12.2 Å². The second-order valence-corrected chi connectivity index (χ2v) is 7.29. The molecule has 0 radical (unpaired) electrons. The lowest BCUT2D eigenvalue weighted by Crippen LogP contribution is -2.33. The van der Waals surface area contributed by atoms with Crippen molar-refractivity contribution in [2.45, 2.75) is 18.9 Å². The average molecular weight is 376 g/mol. The molecular weight excluding hydrogens is 362 g/mol. The van der Waals surface area contributed by atoms with Gasteiger partial charge in [-0.2, -0.15) is 0 Å². The van der Waals surface area contributed by atoms with Crippen LogP contribution in [0.25, 0.3) is 0 Å². The van der Waals surface area contributed by atoms with E-state index < -0.39 is 11.9 Å². The lowest BCUT2D eigenvalue weighted by Gasteiger charge is -2.26. The van der Waals surface area contributed by atoms with Crippen molar-refractivity contribution >= 4 is 39.4 Å². The second-order valence-electron chi connectivity index (χ2n) is 6.37. The Bertz CT molecular complexity index is 742. The fourth-order valence-corrected chi connectivity index (χ4v) is 5.12. The molecule has 1 saturated heterocycles. The van der Waals surface area contributed by atoms with Gasteiger partial charge in [-0.1, -0.05) is 22.0 Å². The second kappa shape index (κ2) is 5.32. The largest absolute Gasteiger partial charge is 0.422 e.